The zero-order valence-corrected chi connectivity index (χ0v) is 15.4. The number of nitrogens with two attached hydrogens (primary N) is 1. The average Bonchev–Trinajstić information content (AvgIpc) is 2.47. The lowest BCUT2D eigenvalue weighted by molar-refractivity contribution is -0.387. The summed E-state index contributed by atoms with van der Waals surface area (Å²) in [6, 6.07) is 2.62. The van der Waals surface area contributed by atoms with Gasteiger partial charge in [-0.3, -0.25) is 10.1 Å². The molecule has 0 spiro atoms. The van der Waals surface area contributed by atoms with Gasteiger partial charge in [0.25, 0.3) is 5.69 Å². The van der Waals surface area contributed by atoms with Crippen LogP contribution in [0.3, 0.4) is 0 Å². The summed E-state index contributed by atoms with van der Waals surface area (Å²) in [6.45, 7) is 7.20. The number of sulfonamides is 1. The van der Waals surface area contributed by atoms with E-state index in [2.05, 4.69) is 4.72 Å². The van der Waals surface area contributed by atoms with E-state index in [0.717, 1.165) is 0 Å². The Morgan fingerprint density at radius 1 is 1.22 bits per heavy atom. The fourth-order valence-electron chi connectivity index (χ4n) is 2.20. The van der Waals surface area contributed by atoms with Crippen LogP contribution in [-0.4, -0.2) is 25.4 Å². The highest BCUT2D eigenvalue weighted by Gasteiger charge is 2.34. The van der Waals surface area contributed by atoms with Crippen molar-refractivity contribution in [2.45, 2.75) is 51.0 Å². The normalized spacial score (nSPS) is 11.9. The Kier molecular flexibility index (Phi) is 7.62. The molecule has 0 radical (unpaired) electrons. The van der Waals surface area contributed by atoms with Crippen LogP contribution in [0.1, 0.15) is 37.8 Å². The number of nitro benzene ring substituents is 1. The largest absolute Gasteiger partial charge is 0.329 e. The molecule has 0 saturated heterocycles. The number of nitrogens with one attached hydrogen (secondary N) is 1. The summed E-state index contributed by atoms with van der Waals surface area (Å²) in [5.74, 6) is 0. The maximum Gasteiger partial charge on any atom is 0.289 e. The van der Waals surface area contributed by atoms with Crippen LogP contribution < -0.4 is 10.5 Å². The number of nitrogens with zero attached hydrogens (tertiary/aromatic N) is 1. The predicted molar refractivity (Wildman–Crippen MR) is 92.5 cm³/mol. The van der Waals surface area contributed by atoms with Gasteiger partial charge in [0.1, 0.15) is 0 Å². The van der Waals surface area contributed by atoms with Crippen molar-refractivity contribution in [3.8, 4) is 0 Å². The first-order valence-electron chi connectivity index (χ1n) is 7.12. The molecule has 1 aromatic carbocycles. The lowest BCUT2D eigenvalue weighted by Crippen LogP contribution is -2.52. The van der Waals surface area contributed by atoms with Gasteiger partial charge in [-0.1, -0.05) is 13.8 Å². The Hall–Kier alpha value is -1.22. The monoisotopic (exact) mass is 365 g/mol. The lowest BCUT2D eigenvalue weighted by Gasteiger charge is -2.30. The molecule has 0 saturated carbocycles. The molecule has 1 aromatic rings. The van der Waals surface area contributed by atoms with Crippen LogP contribution in [0.4, 0.5) is 5.69 Å². The molecular formula is C14H24ClN3O4S. The van der Waals surface area contributed by atoms with Gasteiger partial charge in [0, 0.05) is 18.2 Å². The summed E-state index contributed by atoms with van der Waals surface area (Å²) >= 11 is 0. The van der Waals surface area contributed by atoms with Crippen LogP contribution in [0.25, 0.3) is 0 Å². The molecule has 0 fully saturated rings. The summed E-state index contributed by atoms with van der Waals surface area (Å²) in [7, 11) is -4.04. The molecule has 0 aromatic heterocycles. The van der Waals surface area contributed by atoms with Gasteiger partial charge in [0.15, 0.2) is 4.90 Å². The minimum atomic E-state index is -4.04. The van der Waals surface area contributed by atoms with Crippen molar-refractivity contribution in [2.75, 3.05) is 6.54 Å². The standard InChI is InChI=1S/C14H23N3O4S.ClH/c1-5-14(6-2,9-15)16-22(20,21)13-8-11(4)10(3)7-12(13)17(18)19;/h7-8,16H,5-6,9,15H2,1-4H3;1H. The molecule has 1 rings (SSSR count). The molecule has 0 bridgehead atoms. The molecule has 23 heavy (non-hydrogen) atoms. The molecular weight excluding hydrogens is 342 g/mol. The zero-order chi connectivity index (χ0) is 17.1. The number of benzene rings is 1. The van der Waals surface area contributed by atoms with Crippen molar-refractivity contribution in [3.05, 3.63) is 33.4 Å². The van der Waals surface area contributed by atoms with Gasteiger partial charge in [-0.25, -0.2) is 13.1 Å². The Morgan fingerprint density at radius 3 is 2.09 bits per heavy atom. The van der Waals surface area contributed by atoms with E-state index < -0.39 is 26.2 Å². The maximum absolute atomic E-state index is 12.6. The van der Waals surface area contributed by atoms with Crippen molar-refractivity contribution in [1.29, 1.82) is 0 Å². The summed E-state index contributed by atoms with van der Waals surface area (Å²) in [5, 5.41) is 11.2. The number of nitro groups is 1. The van der Waals surface area contributed by atoms with Crippen molar-refractivity contribution in [3.63, 3.8) is 0 Å². The second-order valence-corrected chi connectivity index (χ2v) is 7.11. The molecule has 9 heteroatoms. The Morgan fingerprint density at radius 2 is 1.70 bits per heavy atom. The molecule has 132 valence electrons. The van der Waals surface area contributed by atoms with Gasteiger partial charge in [-0.2, -0.15) is 0 Å². The number of rotatable bonds is 7. The number of hydrogen-bond donors (Lipinski definition) is 2. The molecule has 0 heterocycles. The summed E-state index contributed by atoms with van der Waals surface area (Å²) in [6.07, 6.45) is 0.996. The first-order chi connectivity index (χ1) is 10.1. The minimum Gasteiger partial charge on any atom is -0.329 e. The summed E-state index contributed by atoms with van der Waals surface area (Å²) in [5.41, 5.74) is 5.83. The van der Waals surface area contributed by atoms with Gasteiger partial charge in [0.2, 0.25) is 10.0 Å². The van der Waals surface area contributed by atoms with Crippen LogP contribution in [0.2, 0.25) is 0 Å². The molecule has 0 aliphatic carbocycles. The predicted octanol–water partition coefficient (Wildman–Crippen LogP) is 2.43. The highest BCUT2D eigenvalue weighted by atomic mass is 35.5. The second kappa shape index (κ2) is 8.05. The number of aryl methyl sites for hydroxylation is 2. The summed E-state index contributed by atoms with van der Waals surface area (Å²) in [4.78, 5) is 10.2. The molecule has 0 amide bonds. The van der Waals surface area contributed by atoms with Crippen LogP contribution in [0.5, 0.6) is 0 Å². The molecule has 3 N–H and O–H groups in total. The van der Waals surface area contributed by atoms with E-state index in [-0.39, 0.29) is 23.8 Å². The minimum absolute atomic E-state index is 0. The van der Waals surface area contributed by atoms with Gasteiger partial charge < -0.3 is 5.73 Å². The smallest absolute Gasteiger partial charge is 0.289 e. The van der Waals surface area contributed by atoms with E-state index in [0.29, 0.717) is 24.0 Å². The van der Waals surface area contributed by atoms with E-state index in [1.54, 1.807) is 13.8 Å². The van der Waals surface area contributed by atoms with Crippen LogP contribution in [-0.2, 0) is 10.0 Å². The molecule has 7 nitrogen and oxygen atoms in total. The maximum atomic E-state index is 12.6. The first kappa shape index (κ1) is 21.8. The van der Waals surface area contributed by atoms with Gasteiger partial charge in [0.05, 0.1) is 4.92 Å². The Labute approximate surface area is 143 Å². The second-order valence-electron chi connectivity index (χ2n) is 5.46. The third-order valence-electron chi connectivity index (χ3n) is 4.16. The Bertz CT molecular complexity index is 665. The number of halogens is 1. The van der Waals surface area contributed by atoms with Crippen molar-refractivity contribution in [1.82, 2.24) is 4.72 Å². The van der Waals surface area contributed by atoms with Gasteiger partial charge >= 0.3 is 0 Å². The van der Waals surface area contributed by atoms with E-state index >= 15 is 0 Å². The number of hydrogen-bond acceptors (Lipinski definition) is 5. The Balaban J connectivity index is 0.00000484. The van der Waals surface area contributed by atoms with Crippen molar-refractivity contribution < 1.29 is 13.3 Å². The highest BCUT2D eigenvalue weighted by Crippen LogP contribution is 2.29. The van der Waals surface area contributed by atoms with Gasteiger partial charge in [-0.05, 0) is 43.9 Å². The lowest BCUT2D eigenvalue weighted by atomic mass is 9.95. The molecule has 0 atom stereocenters. The highest BCUT2D eigenvalue weighted by molar-refractivity contribution is 7.89. The zero-order valence-electron chi connectivity index (χ0n) is 13.8. The third kappa shape index (κ3) is 4.63. The molecule has 0 unspecified atom stereocenters. The van der Waals surface area contributed by atoms with Crippen LogP contribution in [0, 0.1) is 24.0 Å². The van der Waals surface area contributed by atoms with E-state index in [1.807, 2.05) is 13.8 Å². The van der Waals surface area contributed by atoms with Crippen LogP contribution >= 0.6 is 12.4 Å². The fourth-order valence-corrected chi connectivity index (χ4v) is 3.99. The first-order valence-corrected chi connectivity index (χ1v) is 8.60. The quantitative estimate of drug-likeness (QED) is 0.568. The topological polar surface area (TPSA) is 115 Å². The fraction of sp³-hybridized carbons (Fsp3) is 0.571. The van der Waals surface area contributed by atoms with E-state index in [4.69, 9.17) is 5.73 Å². The van der Waals surface area contributed by atoms with Crippen molar-refractivity contribution in [2.24, 2.45) is 5.73 Å². The van der Waals surface area contributed by atoms with E-state index in [9.17, 15) is 18.5 Å². The SMILES string of the molecule is CCC(CC)(CN)NS(=O)(=O)c1cc(C)c(C)cc1[N+](=O)[O-].Cl. The van der Waals surface area contributed by atoms with Gasteiger partial charge in [-0.15, -0.1) is 12.4 Å². The van der Waals surface area contributed by atoms with E-state index in [1.165, 1.54) is 12.1 Å². The summed E-state index contributed by atoms with van der Waals surface area (Å²) < 4.78 is 27.8. The molecule has 0 aliphatic rings. The third-order valence-corrected chi connectivity index (χ3v) is 5.76. The molecule has 0 aliphatic heterocycles. The van der Waals surface area contributed by atoms with Crippen molar-refractivity contribution >= 4 is 28.1 Å². The van der Waals surface area contributed by atoms with Crippen LogP contribution in [0.15, 0.2) is 17.0 Å². The average molecular weight is 366 g/mol.